The van der Waals surface area contributed by atoms with E-state index in [9.17, 15) is 4.79 Å². The van der Waals surface area contributed by atoms with Gasteiger partial charge in [-0.05, 0) is 75.0 Å². The van der Waals surface area contributed by atoms with E-state index in [1.165, 1.54) is 12.8 Å². The Labute approximate surface area is 218 Å². The van der Waals surface area contributed by atoms with Crippen molar-refractivity contribution in [2.45, 2.75) is 38.5 Å². The molecule has 0 N–H and O–H groups in total. The van der Waals surface area contributed by atoms with E-state index in [0.717, 1.165) is 36.8 Å². The quantitative estimate of drug-likeness (QED) is 0.428. The van der Waals surface area contributed by atoms with Crippen LogP contribution in [0.2, 0.25) is 10.0 Å². The van der Waals surface area contributed by atoms with Gasteiger partial charge in [0.25, 0.3) is 0 Å². The molecule has 1 atom stereocenters. The van der Waals surface area contributed by atoms with Crippen LogP contribution in [-0.2, 0) is 10.2 Å². The van der Waals surface area contributed by atoms with Crippen molar-refractivity contribution >= 4 is 47.2 Å². The van der Waals surface area contributed by atoms with Crippen LogP contribution in [0, 0.1) is 5.92 Å². The second-order valence-corrected chi connectivity index (χ2v) is 10.2. The first-order valence-corrected chi connectivity index (χ1v) is 12.4. The van der Waals surface area contributed by atoms with Crippen LogP contribution >= 0.6 is 35.6 Å². The molecule has 0 radical (unpaired) electrons. The molecule has 186 valence electrons. The summed E-state index contributed by atoms with van der Waals surface area (Å²) >= 11 is 12.3. The number of piperidine rings is 1. The molecule has 2 aliphatic rings. The summed E-state index contributed by atoms with van der Waals surface area (Å²) in [5.41, 5.74) is 1.04. The number of carbonyl (C=O) groups excluding carboxylic acids is 1. The molecule has 2 fully saturated rings. The maximum Gasteiger partial charge on any atom is 0.237 e. The molecule has 34 heavy (non-hydrogen) atoms. The first-order valence-electron chi connectivity index (χ1n) is 11.6. The zero-order valence-corrected chi connectivity index (χ0v) is 22.3. The van der Waals surface area contributed by atoms with Crippen molar-refractivity contribution in [2.75, 3.05) is 44.8 Å². The minimum atomic E-state index is -0.652. The van der Waals surface area contributed by atoms with E-state index in [0.29, 0.717) is 41.1 Å². The summed E-state index contributed by atoms with van der Waals surface area (Å²) in [7, 11) is 1.64. The Bertz CT molecular complexity index is 1010. The number of halogens is 3. The van der Waals surface area contributed by atoms with Gasteiger partial charge in [-0.2, -0.15) is 0 Å². The fourth-order valence-electron chi connectivity index (χ4n) is 4.71. The number of ether oxygens (including phenoxy) is 2. The van der Waals surface area contributed by atoms with Crippen LogP contribution in [0.5, 0.6) is 11.5 Å². The third-order valence-electron chi connectivity index (χ3n) is 7.11. The molecule has 0 aliphatic carbocycles. The molecule has 2 aliphatic heterocycles. The fraction of sp³-hybridized carbons (Fsp3) is 0.500. The molecule has 4 rings (SSSR count). The number of rotatable bonds is 7. The Morgan fingerprint density at radius 3 is 2.44 bits per heavy atom. The molecule has 0 spiro atoms. The van der Waals surface area contributed by atoms with Gasteiger partial charge in [-0.1, -0.05) is 36.2 Å². The number of benzene rings is 2. The highest BCUT2D eigenvalue weighted by atomic mass is 35.5. The first-order chi connectivity index (χ1) is 15.8. The number of hydrogen-bond acceptors (Lipinski definition) is 4. The van der Waals surface area contributed by atoms with Gasteiger partial charge in [0.1, 0.15) is 6.61 Å². The predicted octanol–water partition coefficient (Wildman–Crippen LogP) is 6.23. The van der Waals surface area contributed by atoms with E-state index in [2.05, 4.69) is 11.8 Å². The smallest absolute Gasteiger partial charge is 0.237 e. The van der Waals surface area contributed by atoms with Gasteiger partial charge in [-0.15, -0.1) is 12.4 Å². The van der Waals surface area contributed by atoms with E-state index in [4.69, 9.17) is 32.7 Å². The van der Waals surface area contributed by atoms with Crippen LogP contribution in [0.25, 0.3) is 0 Å². The largest absolute Gasteiger partial charge is 0.493 e. The average molecular weight is 528 g/mol. The molecule has 2 aromatic rings. The molecule has 2 heterocycles. The van der Waals surface area contributed by atoms with Crippen LogP contribution in [0.1, 0.15) is 38.7 Å². The van der Waals surface area contributed by atoms with Gasteiger partial charge in [0, 0.05) is 24.8 Å². The molecule has 1 amide bonds. The highest BCUT2D eigenvalue weighted by Crippen LogP contribution is 2.41. The third kappa shape index (κ3) is 5.59. The summed E-state index contributed by atoms with van der Waals surface area (Å²) in [4.78, 5) is 17.8. The zero-order chi connectivity index (χ0) is 23.6. The van der Waals surface area contributed by atoms with Gasteiger partial charge < -0.3 is 14.4 Å². The number of methoxy groups -OCH3 is 1. The highest BCUT2D eigenvalue weighted by Gasteiger charge is 2.45. The average Bonchev–Trinajstić information content (AvgIpc) is 3.12. The number of amides is 1. The van der Waals surface area contributed by atoms with Crippen LogP contribution in [0.3, 0.4) is 0 Å². The Balaban J connectivity index is 0.00000324. The summed E-state index contributed by atoms with van der Waals surface area (Å²) in [5.74, 6) is 2.19. The molecule has 1 unspecified atom stereocenters. The molecule has 0 aromatic heterocycles. The van der Waals surface area contributed by atoms with Gasteiger partial charge in [-0.25, -0.2) is 0 Å². The first kappa shape index (κ1) is 26.9. The SMILES string of the molecule is COc1ccc(N2CCC(C)(c3ccc(Cl)c(Cl)c3)C2=O)cc1OCCN1CCC(C)CC1.Cl. The third-order valence-corrected chi connectivity index (χ3v) is 7.85. The second kappa shape index (κ2) is 11.4. The monoisotopic (exact) mass is 526 g/mol. The van der Waals surface area contributed by atoms with Crippen molar-refractivity contribution in [1.29, 1.82) is 0 Å². The zero-order valence-electron chi connectivity index (χ0n) is 20.0. The van der Waals surface area contributed by atoms with E-state index in [1.807, 2.05) is 36.1 Å². The number of nitrogens with zero attached hydrogens (tertiary/aromatic N) is 2. The predicted molar refractivity (Wildman–Crippen MR) is 141 cm³/mol. The summed E-state index contributed by atoms with van der Waals surface area (Å²) < 4.78 is 11.6. The second-order valence-electron chi connectivity index (χ2n) is 9.38. The Morgan fingerprint density at radius 2 is 1.76 bits per heavy atom. The van der Waals surface area contributed by atoms with Crippen LogP contribution in [0.15, 0.2) is 36.4 Å². The van der Waals surface area contributed by atoms with Crippen molar-refractivity contribution in [3.8, 4) is 11.5 Å². The maximum atomic E-state index is 13.5. The Kier molecular flexibility index (Phi) is 9.02. The number of anilines is 1. The summed E-state index contributed by atoms with van der Waals surface area (Å²) in [6, 6.07) is 11.1. The topological polar surface area (TPSA) is 42.0 Å². The molecular formula is C26H33Cl3N2O3. The lowest BCUT2D eigenvalue weighted by atomic mass is 9.81. The molecule has 0 bridgehead atoms. The fourth-order valence-corrected chi connectivity index (χ4v) is 5.01. The number of hydrogen-bond donors (Lipinski definition) is 0. The van der Waals surface area contributed by atoms with Crippen molar-refractivity contribution in [3.05, 3.63) is 52.0 Å². The van der Waals surface area contributed by atoms with E-state index in [-0.39, 0.29) is 18.3 Å². The normalized spacial score (nSPS) is 21.4. The summed E-state index contributed by atoms with van der Waals surface area (Å²) in [6.45, 7) is 8.62. The molecule has 8 heteroatoms. The van der Waals surface area contributed by atoms with Crippen molar-refractivity contribution in [1.82, 2.24) is 4.90 Å². The van der Waals surface area contributed by atoms with E-state index < -0.39 is 5.41 Å². The van der Waals surface area contributed by atoms with Gasteiger partial charge >= 0.3 is 0 Å². The number of carbonyl (C=O) groups is 1. The number of likely N-dealkylation sites (tertiary alicyclic amines) is 1. The summed E-state index contributed by atoms with van der Waals surface area (Å²) in [6.07, 6.45) is 3.18. The van der Waals surface area contributed by atoms with Gasteiger partial charge in [0.2, 0.25) is 5.91 Å². The molecule has 2 saturated heterocycles. The van der Waals surface area contributed by atoms with Gasteiger partial charge in [0.15, 0.2) is 11.5 Å². The van der Waals surface area contributed by atoms with Gasteiger partial charge in [-0.3, -0.25) is 9.69 Å². The lowest BCUT2D eigenvalue weighted by Gasteiger charge is -2.30. The minimum Gasteiger partial charge on any atom is -0.493 e. The molecule has 5 nitrogen and oxygen atoms in total. The summed E-state index contributed by atoms with van der Waals surface area (Å²) in [5, 5.41) is 0.951. The Hall–Kier alpha value is -1.66. The lowest BCUT2D eigenvalue weighted by molar-refractivity contribution is -0.121. The molecule has 2 aromatic carbocycles. The maximum absolute atomic E-state index is 13.5. The van der Waals surface area contributed by atoms with E-state index in [1.54, 1.807) is 19.2 Å². The lowest BCUT2D eigenvalue weighted by Crippen LogP contribution is -2.36. The Morgan fingerprint density at radius 1 is 1.03 bits per heavy atom. The van der Waals surface area contributed by atoms with Crippen LogP contribution < -0.4 is 14.4 Å². The van der Waals surface area contributed by atoms with Crippen LogP contribution in [0.4, 0.5) is 5.69 Å². The highest BCUT2D eigenvalue weighted by molar-refractivity contribution is 6.42. The van der Waals surface area contributed by atoms with Crippen molar-refractivity contribution in [3.63, 3.8) is 0 Å². The van der Waals surface area contributed by atoms with Gasteiger partial charge in [0.05, 0.1) is 22.6 Å². The van der Waals surface area contributed by atoms with Crippen molar-refractivity contribution in [2.24, 2.45) is 5.92 Å². The van der Waals surface area contributed by atoms with E-state index >= 15 is 0 Å². The minimum absolute atomic E-state index is 0. The standard InChI is InChI=1S/C26H32Cl2N2O3.ClH/c1-18-8-11-29(12-9-18)14-15-33-24-17-20(5-7-23(24)32-3)30-13-10-26(2,25(30)31)19-4-6-21(27)22(28)16-19;/h4-7,16-18H,8-15H2,1-3H3;1H. The molecular weight excluding hydrogens is 495 g/mol. The molecule has 0 saturated carbocycles. The van der Waals surface area contributed by atoms with Crippen LogP contribution in [-0.4, -0.2) is 50.7 Å². The van der Waals surface area contributed by atoms with Crippen molar-refractivity contribution < 1.29 is 14.3 Å².